The molecule has 0 amide bonds. The van der Waals surface area contributed by atoms with Crippen molar-refractivity contribution >= 4 is 37.7 Å². The molecule has 0 saturated heterocycles. The molecule has 0 N–H and O–H groups in total. The molecule has 0 aliphatic carbocycles. The van der Waals surface area contributed by atoms with Crippen LogP contribution in [0, 0.1) is 20.3 Å². The van der Waals surface area contributed by atoms with Crippen LogP contribution in [0.5, 0.6) is 0 Å². The molecule has 0 aromatic heterocycles. The van der Waals surface area contributed by atoms with Crippen LogP contribution in [0.2, 0.25) is 0 Å². The fourth-order valence-corrected chi connectivity index (χ4v) is 0. The van der Waals surface area contributed by atoms with Crippen LogP contribution < -0.4 is 0 Å². The van der Waals surface area contributed by atoms with Crippen molar-refractivity contribution < 1.29 is 0 Å². The van der Waals surface area contributed by atoms with E-state index in [9.17, 15) is 0 Å². The van der Waals surface area contributed by atoms with E-state index in [1.807, 2.05) is 32.9 Å². The monoisotopic (exact) mass is 340 g/mol. The van der Waals surface area contributed by atoms with E-state index in [2.05, 4.69) is 61.5 Å². The van der Waals surface area contributed by atoms with Crippen molar-refractivity contribution in [2.75, 3.05) is 0 Å². The summed E-state index contributed by atoms with van der Waals surface area (Å²) in [4.78, 5) is 0. The minimum atomic E-state index is 0. The third-order valence-electron chi connectivity index (χ3n) is 2.23. The molecule has 134 valence electrons. The van der Waals surface area contributed by atoms with Crippen LogP contribution in [-0.2, 0) is 0 Å². The Kier molecular flexibility index (Phi) is 114. The van der Waals surface area contributed by atoms with E-state index >= 15 is 0 Å². The van der Waals surface area contributed by atoms with Gasteiger partial charge in [-0.2, -0.15) is 6.92 Å². The van der Waals surface area contributed by atoms with Crippen LogP contribution in [0.15, 0.2) is 23.8 Å². The number of rotatable bonds is 2. The molecule has 1 heteroatoms. The van der Waals surface area contributed by atoms with E-state index in [4.69, 9.17) is 0 Å². The Morgan fingerprint density at radius 1 is 0.864 bits per heavy atom. The smallest absolute Gasteiger partial charge is 0.358 e. The van der Waals surface area contributed by atoms with Crippen LogP contribution in [0.25, 0.3) is 0 Å². The average Bonchev–Trinajstić information content (AvgIpc) is 2.50. The van der Waals surface area contributed by atoms with E-state index in [0.29, 0.717) is 0 Å². The molecule has 0 heterocycles. The van der Waals surface area contributed by atoms with Crippen LogP contribution in [0.4, 0.5) is 0 Å². The molecule has 0 atom stereocenters. The standard InChI is InChI=1S/C5H12.C5H10.C4H10.C4H8.C2H5.CH3.Ca/c2*1-4-5(2)3;2*1-3-4-2;1-2;;/h5H,4H2,1-3H3;4H,1-3H3;3-4H2,1-2H3;3-4H,1-2H3;1H2,2H3;1H3;/q;;;;2*-1;+2. The largest absolute Gasteiger partial charge is 2.00 e. The molecule has 0 saturated carbocycles. The van der Waals surface area contributed by atoms with Crippen molar-refractivity contribution in [3.8, 4) is 0 Å². The maximum absolute atomic E-state index is 3.25. The van der Waals surface area contributed by atoms with Gasteiger partial charge < -0.3 is 14.4 Å². The second-order valence-electron chi connectivity index (χ2n) is 4.83. The Hall–Kier alpha value is 0.740. The fourth-order valence-electron chi connectivity index (χ4n) is 0. The summed E-state index contributed by atoms with van der Waals surface area (Å²) in [6, 6.07) is 0. The number of allylic oxidation sites excluding steroid dienone is 4. The summed E-state index contributed by atoms with van der Waals surface area (Å²) in [5, 5.41) is 0. The predicted octanol–water partition coefficient (Wildman–Crippen LogP) is 8.32. The normalized spacial score (nSPS) is 7.14. The molecular formula is C21H48Ca. The zero-order valence-electron chi connectivity index (χ0n) is 18.3. The van der Waals surface area contributed by atoms with E-state index < -0.39 is 0 Å². The number of hydrogen-bond donors (Lipinski definition) is 0. The van der Waals surface area contributed by atoms with Crippen molar-refractivity contribution in [1.82, 2.24) is 0 Å². The van der Waals surface area contributed by atoms with Gasteiger partial charge in [0.15, 0.2) is 0 Å². The molecule has 0 aromatic rings. The summed E-state index contributed by atoms with van der Waals surface area (Å²) >= 11 is 0. The molecular weight excluding hydrogens is 292 g/mol. The molecule has 0 spiro atoms. The van der Waals surface area contributed by atoms with E-state index in [1.54, 1.807) is 6.92 Å². The molecule has 0 nitrogen and oxygen atoms in total. The first-order valence-electron chi connectivity index (χ1n) is 8.25. The maximum atomic E-state index is 3.25. The van der Waals surface area contributed by atoms with E-state index in [1.165, 1.54) is 24.8 Å². The van der Waals surface area contributed by atoms with Gasteiger partial charge in [0.2, 0.25) is 0 Å². The zero-order valence-corrected chi connectivity index (χ0v) is 20.6. The molecule has 0 unspecified atom stereocenters. The second-order valence-corrected chi connectivity index (χ2v) is 4.83. The zero-order chi connectivity index (χ0) is 17.4. The van der Waals surface area contributed by atoms with Gasteiger partial charge in [-0.3, -0.25) is 0 Å². The van der Waals surface area contributed by atoms with Crippen LogP contribution in [0.1, 0.15) is 95.4 Å². The molecule has 0 aliphatic heterocycles. The Bertz CT molecular complexity index is 145. The maximum Gasteiger partial charge on any atom is 2.00 e. The molecule has 22 heavy (non-hydrogen) atoms. The summed E-state index contributed by atoms with van der Waals surface area (Å²) in [6.45, 7) is 26.2. The molecule has 0 bridgehead atoms. The first-order chi connectivity index (χ1) is 9.37. The summed E-state index contributed by atoms with van der Waals surface area (Å²) in [7, 11) is 0. The van der Waals surface area contributed by atoms with Crippen LogP contribution in [-0.4, -0.2) is 37.7 Å². The van der Waals surface area contributed by atoms with Gasteiger partial charge in [-0.15, -0.1) is 0 Å². The van der Waals surface area contributed by atoms with Crippen molar-refractivity contribution in [3.05, 3.63) is 38.2 Å². The molecule has 0 aliphatic rings. The number of hydrogen-bond acceptors (Lipinski definition) is 0. The van der Waals surface area contributed by atoms with Crippen molar-refractivity contribution in [2.24, 2.45) is 5.92 Å². The van der Waals surface area contributed by atoms with Gasteiger partial charge in [-0.1, -0.05) is 77.7 Å². The quantitative estimate of drug-likeness (QED) is 0.269. The van der Waals surface area contributed by atoms with Crippen LogP contribution in [0.3, 0.4) is 0 Å². The SMILES string of the molecule is CC=C(C)C.CC=CC.CCC(C)C.CCCC.[CH2-]C.[CH3-].[Ca+2]. The Morgan fingerprint density at radius 3 is 1.05 bits per heavy atom. The van der Waals surface area contributed by atoms with Crippen LogP contribution >= 0.6 is 0 Å². The van der Waals surface area contributed by atoms with E-state index in [0.717, 1.165) is 5.92 Å². The summed E-state index contributed by atoms with van der Waals surface area (Å²) in [5.74, 6) is 0.884. The van der Waals surface area contributed by atoms with E-state index in [-0.39, 0.29) is 45.2 Å². The Labute approximate surface area is 176 Å². The summed E-state index contributed by atoms with van der Waals surface area (Å²) in [6.07, 6.45) is 10.0. The van der Waals surface area contributed by atoms with Crippen molar-refractivity contribution in [3.63, 3.8) is 0 Å². The van der Waals surface area contributed by atoms with Crippen molar-refractivity contribution in [2.45, 2.75) is 95.4 Å². The van der Waals surface area contributed by atoms with Gasteiger partial charge in [-0.05, 0) is 40.5 Å². The molecule has 0 radical (unpaired) electrons. The molecule has 0 aromatic carbocycles. The molecule has 0 fully saturated rings. The second kappa shape index (κ2) is 57.6. The van der Waals surface area contributed by atoms with Gasteiger partial charge >= 0.3 is 37.7 Å². The first kappa shape index (κ1) is 43.4. The number of unbranched alkanes of at least 4 members (excludes halogenated alkanes) is 1. The van der Waals surface area contributed by atoms with Gasteiger partial charge in [0.25, 0.3) is 0 Å². The minimum absolute atomic E-state index is 0. The average molecular weight is 341 g/mol. The van der Waals surface area contributed by atoms with Gasteiger partial charge in [0.1, 0.15) is 0 Å². The first-order valence-corrected chi connectivity index (χ1v) is 8.25. The minimum Gasteiger partial charge on any atom is -0.358 e. The Balaban J connectivity index is -0.0000000256. The molecule has 0 rings (SSSR count). The summed E-state index contributed by atoms with van der Waals surface area (Å²) in [5.41, 5.74) is 1.38. The van der Waals surface area contributed by atoms with Gasteiger partial charge in [0, 0.05) is 0 Å². The van der Waals surface area contributed by atoms with Gasteiger partial charge in [-0.25, -0.2) is 0 Å². The third-order valence-corrected chi connectivity index (χ3v) is 2.23. The predicted molar refractivity (Wildman–Crippen MR) is 115 cm³/mol. The van der Waals surface area contributed by atoms with Crippen molar-refractivity contribution in [1.29, 1.82) is 0 Å². The van der Waals surface area contributed by atoms with Gasteiger partial charge in [0.05, 0.1) is 0 Å². The Morgan fingerprint density at radius 2 is 1.05 bits per heavy atom. The third kappa shape index (κ3) is 178. The fraction of sp³-hybridized carbons (Fsp3) is 0.714. The summed E-state index contributed by atoms with van der Waals surface area (Å²) < 4.78 is 0. The topological polar surface area (TPSA) is 0 Å².